The summed E-state index contributed by atoms with van der Waals surface area (Å²) in [5.41, 5.74) is -0.644. The van der Waals surface area contributed by atoms with Crippen molar-refractivity contribution in [2.45, 2.75) is 49.5 Å². The third-order valence-electron chi connectivity index (χ3n) is 3.76. The Morgan fingerprint density at radius 1 is 1.30 bits per heavy atom. The van der Waals surface area contributed by atoms with Crippen LogP contribution >= 0.6 is 10.9 Å². The van der Waals surface area contributed by atoms with Gasteiger partial charge in [-0.2, -0.15) is 18.3 Å². The molecule has 1 saturated carbocycles. The number of nitrogens with zero attached hydrogens (tertiary/aromatic N) is 2. The predicted octanol–water partition coefficient (Wildman–Crippen LogP) is 3.07. The summed E-state index contributed by atoms with van der Waals surface area (Å²) in [6.45, 7) is 0.296. The Balaban J connectivity index is 2.17. The standard InChI is InChI=1S/C13H21F3N2OS/c1-20(2)12-7-11(13(14,15)16)18(17-12)8-9-3-5-10(19)6-4-9/h7,9-10,19-20H,3-6,8H2,1-2H3. The first-order valence-electron chi connectivity index (χ1n) is 6.78. The molecule has 0 bridgehead atoms. The monoisotopic (exact) mass is 310 g/mol. The van der Waals surface area contributed by atoms with Crippen molar-refractivity contribution in [2.75, 3.05) is 12.5 Å². The van der Waals surface area contributed by atoms with Crippen LogP contribution in [0.3, 0.4) is 0 Å². The van der Waals surface area contributed by atoms with E-state index < -0.39 is 22.8 Å². The highest BCUT2D eigenvalue weighted by molar-refractivity contribution is 8.15. The van der Waals surface area contributed by atoms with Gasteiger partial charge in [0.1, 0.15) is 5.69 Å². The van der Waals surface area contributed by atoms with Crippen LogP contribution in [0.4, 0.5) is 13.2 Å². The van der Waals surface area contributed by atoms with Crippen LogP contribution in [0, 0.1) is 5.92 Å². The van der Waals surface area contributed by atoms with Gasteiger partial charge in [-0.3, -0.25) is 4.68 Å². The van der Waals surface area contributed by atoms with Crippen molar-refractivity contribution in [3.8, 4) is 0 Å². The molecule has 3 nitrogen and oxygen atoms in total. The maximum absolute atomic E-state index is 13.0. The van der Waals surface area contributed by atoms with E-state index in [2.05, 4.69) is 5.10 Å². The normalized spacial score (nSPS) is 24.8. The fraction of sp³-hybridized carbons (Fsp3) is 0.769. The molecule has 1 fully saturated rings. The average molecular weight is 310 g/mol. The van der Waals surface area contributed by atoms with Crippen molar-refractivity contribution in [1.82, 2.24) is 9.78 Å². The summed E-state index contributed by atoms with van der Waals surface area (Å²) in [7, 11) is -0.640. The summed E-state index contributed by atoms with van der Waals surface area (Å²) in [6, 6.07) is 1.18. The van der Waals surface area contributed by atoms with Crippen molar-refractivity contribution in [1.29, 1.82) is 0 Å². The predicted molar refractivity (Wildman–Crippen MR) is 74.3 cm³/mol. The summed E-state index contributed by atoms with van der Waals surface area (Å²) in [5.74, 6) is 0.173. The van der Waals surface area contributed by atoms with Crippen LogP contribution in [0.2, 0.25) is 0 Å². The first kappa shape index (κ1) is 15.7. The van der Waals surface area contributed by atoms with E-state index in [9.17, 15) is 18.3 Å². The molecule has 7 heteroatoms. The molecule has 0 atom stereocenters. The van der Waals surface area contributed by atoms with Gasteiger partial charge in [0, 0.05) is 12.6 Å². The van der Waals surface area contributed by atoms with Gasteiger partial charge in [-0.05, 0) is 44.1 Å². The van der Waals surface area contributed by atoms with E-state index in [0.717, 1.165) is 17.5 Å². The minimum Gasteiger partial charge on any atom is -0.393 e. The molecule has 20 heavy (non-hydrogen) atoms. The smallest absolute Gasteiger partial charge is 0.393 e. The quantitative estimate of drug-likeness (QED) is 0.842. The second-order valence-corrected chi connectivity index (χ2v) is 7.88. The van der Waals surface area contributed by atoms with Crippen molar-refractivity contribution < 1.29 is 18.3 Å². The number of aliphatic hydroxyl groups excluding tert-OH is 1. The van der Waals surface area contributed by atoms with Gasteiger partial charge in [0.05, 0.1) is 11.1 Å². The Labute approximate surface area is 119 Å². The van der Waals surface area contributed by atoms with Crippen molar-refractivity contribution in [2.24, 2.45) is 5.92 Å². The summed E-state index contributed by atoms with van der Waals surface area (Å²) in [4.78, 5) is 0. The van der Waals surface area contributed by atoms with Gasteiger partial charge >= 0.3 is 6.18 Å². The first-order valence-corrected chi connectivity index (χ1v) is 9.01. The molecule has 0 amide bonds. The zero-order valence-corrected chi connectivity index (χ0v) is 12.6. The van der Waals surface area contributed by atoms with Crippen LogP contribution in [-0.2, 0) is 12.7 Å². The third kappa shape index (κ3) is 3.69. The fourth-order valence-electron chi connectivity index (χ4n) is 2.56. The SMILES string of the molecule is C[SH](C)c1cc(C(F)(F)F)n(CC2CCC(O)CC2)n1. The minimum atomic E-state index is -4.36. The molecule has 0 aromatic carbocycles. The minimum absolute atomic E-state index is 0.173. The second kappa shape index (κ2) is 5.97. The summed E-state index contributed by atoms with van der Waals surface area (Å²) < 4.78 is 40.3. The van der Waals surface area contributed by atoms with Crippen molar-refractivity contribution in [3.05, 3.63) is 11.8 Å². The topological polar surface area (TPSA) is 38.0 Å². The number of thiol groups is 1. The Kier molecular flexibility index (Phi) is 4.69. The van der Waals surface area contributed by atoms with E-state index in [1.54, 1.807) is 0 Å². The number of aromatic nitrogens is 2. The molecule has 1 aromatic rings. The molecule has 0 radical (unpaired) electrons. The molecule has 1 aromatic heterocycles. The average Bonchev–Trinajstić information content (AvgIpc) is 2.76. The zero-order chi connectivity index (χ0) is 14.9. The van der Waals surface area contributed by atoms with E-state index >= 15 is 0 Å². The zero-order valence-electron chi connectivity index (χ0n) is 11.7. The molecule has 1 N–H and O–H groups in total. The molecule has 1 aliphatic carbocycles. The Morgan fingerprint density at radius 2 is 1.90 bits per heavy atom. The molecule has 0 aliphatic heterocycles. The molecule has 2 rings (SSSR count). The van der Waals surface area contributed by atoms with Gasteiger partial charge in [-0.15, -0.1) is 0 Å². The van der Waals surface area contributed by atoms with Crippen molar-refractivity contribution in [3.63, 3.8) is 0 Å². The van der Waals surface area contributed by atoms with Gasteiger partial charge in [0.25, 0.3) is 0 Å². The highest BCUT2D eigenvalue weighted by atomic mass is 32.2. The number of hydrogen-bond donors (Lipinski definition) is 2. The van der Waals surface area contributed by atoms with E-state index in [0.29, 0.717) is 24.4 Å². The first-order chi connectivity index (χ1) is 9.27. The van der Waals surface area contributed by atoms with Gasteiger partial charge < -0.3 is 5.11 Å². The lowest BCUT2D eigenvalue weighted by Gasteiger charge is -2.26. The highest BCUT2D eigenvalue weighted by Gasteiger charge is 2.36. The van der Waals surface area contributed by atoms with Crippen LogP contribution in [0.1, 0.15) is 31.4 Å². The number of halogens is 3. The van der Waals surface area contributed by atoms with Gasteiger partial charge in [-0.25, -0.2) is 10.9 Å². The molecule has 1 aliphatic rings. The molecular formula is C13H21F3N2OS. The fourth-order valence-corrected chi connectivity index (χ4v) is 3.23. The largest absolute Gasteiger partial charge is 0.433 e. The Bertz CT molecular complexity index is 451. The maximum atomic E-state index is 13.0. The lowest BCUT2D eigenvalue weighted by molar-refractivity contribution is -0.144. The van der Waals surface area contributed by atoms with Gasteiger partial charge in [0.2, 0.25) is 0 Å². The van der Waals surface area contributed by atoms with Gasteiger partial charge in [-0.1, -0.05) is 0 Å². The number of rotatable bonds is 3. The van der Waals surface area contributed by atoms with Crippen LogP contribution < -0.4 is 0 Å². The molecule has 0 unspecified atom stereocenters. The van der Waals surface area contributed by atoms with E-state index in [1.165, 1.54) is 6.07 Å². The van der Waals surface area contributed by atoms with E-state index in [1.807, 2.05) is 12.5 Å². The van der Waals surface area contributed by atoms with Crippen LogP contribution in [-0.4, -0.2) is 33.5 Å². The molecule has 0 saturated heterocycles. The highest BCUT2D eigenvalue weighted by Crippen LogP contribution is 2.36. The van der Waals surface area contributed by atoms with Crippen LogP contribution in [0.15, 0.2) is 11.1 Å². The van der Waals surface area contributed by atoms with Crippen LogP contribution in [0.5, 0.6) is 0 Å². The Morgan fingerprint density at radius 3 is 2.40 bits per heavy atom. The van der Waals surface area contributed by atoms with E-state index in [4.69, 9.17) is 0 Å². The molecule has 0 spiro atoms. The Hall–Kier alpha value is -0.690. The van der Waals surface area contributed by atoms with Crippen LogP contribution in [0.25, 0.3) is 0 Å². The number of hydrogen-bond acceptors (Lipinski definition) is 2. The van der Waals surface area contributed by atoms with Gasteiger partial charge in [0.15, 0.2) is 0 Å². The summed E-state index contributed by atoms with van der Waals surface area (Å²) >= 11 is 0. The second-order valence-electron chi connectivity index (χ2n) is 5.64. The lowest BCUT2D eigenvalue weighted by atomic mass is 9.87. The molecule has 116 valence electrons. The lowest BCUT2D eigenvalue weighted by Crippen LogP contribution is -2.24. The summed E-state index contributed by atoms with van der Waals surface area (Å²) in [6.07, 6.45) is 2.04. The van der Waals surface area contributed by atoms with E-state index in [-0.39, 0.29) is 12.0 Å². The third-order valence-corrected chi connectivity index (χ3v) is 4.90. The maximum Gasteiger partial charge on any atom is 0.433 e. The molecular weight excluding hydrogens is 289 g/mol. The number of aliphatic hydroxyl groups is 1. The summed E-state index contributed by atoms with van der Waals surface area (Å²) in [5, 5.41) is 14.2. The van der Waals surface area contributed by atoms with Crippen molar-refractivity contribution >= 4 is 10.9 Å². The molecule has 1 heterocycles. The number of alkyl halides is 3.